The summed E-state index contributed by atoms with van der Waals surface area (Å²) in [7, 11) is 3.31. The number of methoxy groups -OCH3 is 2. The molecule has 2 aliphatic rings. The summed E-state index contributed by atoms with van der Waals surface area (Å²) in [5.74, 6) is 2.06. The standard InChI is InChI=1S/C21H32N6O4.HI/c1-4-22-20(23-6-8-27-19(28)12-24-21(27)29)25-16-5-7-26(14-16)13-15-9-17(30-2)11-18(10-15)31-3;/h9-11,16H,4-8,12-14H2,1-3H3,(H,24,29)(H2,22,23,25);1H. The highest BCUT2D eigenvalue weighted by molar-refractivity contribution is 14.0. The van der Waals surface area contributed by atoms with Crippen LogP contribution >= 0.6 is 24.0 Å². The first-order valence-corrected chi connectivity index (χ1v) is 10.6. The number of nitrogens with zero attached hydrogens (tertiary/aromatic N) is 3. The lowest BCUT2D eigenvalue weighted by Crippen LogP contribution is -2.45. The second-order valence-electron chi connectivity index (χ2n) is 7.55. The van der Waals surface area contributed by atoms with Gasteiger partial charge in [0.1, 0.15) is 11.5 Å². The lowest BCUT2D eigenvalue weighted by Gasteiger charge is -2.19. The zero-order chi connectivity index (χ0) is 22.2. The van der Waals surface area contributed by atoms with E-state index >= 15 is 0 Å². The van der Waals surface area contributed by atoms with Crippen molar-refractivity contribution in [2.24, 2.45) is 4.99 Å². The maximum absolute atomic E-state index is 11.7. The molecule has 0 spiro atoms. The molecule has 178 valence electrons. The number of hydrogen-bond acceptors (Lipinski definition) is 6. The van der Waals surface area contributed by atoms with Crippen LogP contribution < -0.4 is 25.4 Å². The van der Waals surface area contributed by atoms with Crippen molar-refractivity contribution >= 4 is 41.9 Å². The number of hydrogen-bond donors (Lipinski definition) is 3. The van der Waals surface area contributed by atoms with Crippen LogP contribution in [-0.4, -0.2) is 87.2 Å². The zero-order valence-corrected chi connectivity index (χ0v) is 21.2. The van der Waals surface area contributed by atoms with Gasteiger partial charge in [0.05, 0.1) is 33.9 Å². The number of carbonyl (C=O) groups is 2. The van der Waals surface area contributed by atoms with Gasteiger partial charge < -0.3 is 25.4 Å². The van der Waals surface area contributed by atoms with E-state index in [0.29, 0.717) is 12.5 Å². The third-order valence-electron chi connectivity index (χ3n) is 5.31. The zero-order valence-electron chi connectivity index (χ0n) is 18.8. The van der Waals surface area contributed by atoms with Gasteiger partial charge in [0.2, 0.25) is 5.91 Å². The van der Waals surface area contributed by atoms with E-state index < -0.39 is 0 Å². The summed E-state index contributed by atoms with van der Waals surface area (Å²) in [6.07, 6.45) is 0.999. The third kappa shape index (κ3) is 7.12. The highest BCUT2D eigenvalue weighted by atomic mass is 127. The molecular formula is C21H33IN6O4. The van der Waals surface area contributed by atoms with Crippen molar-refractivity contribution in [1.29, 1.82) is 0 Å². The number of urea groups is 1. The number of ether oxygens (including phenoxy) is 2. The van der Waals surface area contributed by atoms with Crippen molar-refractivity contribution in [3.63, 3.8) is 0 Å². The fourth-order valence-corrected chi connectivity index (χ4v) is 3.77. The molecule has 2 aliphatic heterocycles. The lowest BCUT2D eigenvalue weighted by molar-refractivity contribution is -0.124. The Bertz CT molecular complexity index is 783. The summed E-state index contributed by atoms with van der Waals surface area (Å²) in [4.78, 5) is 31.4. The van der Waals surface area contributed by atoms with E-state index in [1.807, 2.05) is 25.1 Å². The number of likely N-dealkylation sites (tertiary alicyclic amines) is 1. The predicted octanol–water partition coefficient (Wildman–Crippen LogP) is 1.00. The van der Waals surface area contributed by atoms with Crippen LogP contribution in [0.5, 0.6) is 11.5 Å². The van der Waals surface area contributed by atoms with E-state index in [2.05, 4.69) is 25.8 Å². The SMILES string of the molecule is CCNC(=NCCN1C(=O)CNC1=O)NC1CCN(Cc2cc(OC)cc(OC)c2)C1.I. The molecule has 0 saturated carbocycles. The number of imide groups is 1. The fourth-order valence-electron chi connectivity index (χ4n) is 3.77. The van der Waals surface area contributed by atoms with Crippen molar-refractivity contribution in [1.82, 2.24) is 25.8 Å². The predicted molar refractivity (Wildman–Crippen MR) is 133 cm³/mol. The fraction of sp³-hybridized carbons (Fsp3) is 0.571. The van der Waals surface area contributed by atoms with Gasteiger partial charge in [-0.05, 0) is 31.0 Å². The molecule has 0 aromatic heterocycles. The lowest BCUT2D eigenvalue weighted by atomic mass is 10.2. The Hall–Kier alpha value is -2.28. The molecule has 3 rings (SSSR count). The molecule has 0 bridgehead atoms. The highest BCUT2D eigenvalue weighted by Gasteiger charge is 2.28. The molecule has 0 aliphatic carbocycles. The average Bonchev–Trinajstić information content (AvgIpc) is 3.34. The normalized spacial score (nSPS) is 18.9. The van der Waals surface area contributed by atoms with E-state index in [1.165, 1.54) is 4.90 Å². The molecule has 2 fully saturated rings. The van der Waals surface area contributed by atoms with E-state index in [1.54, 1.807) is 14.2 Å². The van der Waals surface area contributed by atoms with Crippen LogP contribution in [-0.2, 0) is 11.3 Å². The van der Waals surface area contributed by atoms with E-state index in [0.717, 1.165) is 49.7 Å². The van der Waals surface area contributed by atoms with Crippen molar-refractivity contribution < 1.29 is 19.1 Å². The minimum Gasteiger partial charge on any atom is -0.497 e. The Labute approximate surface area is 206 Å². The molecule has 2 saturated heterocycles. The molecule has 1 atom stereocenters. The molecule has 3 amide bonds. The van der Waals surface area contributed by atoms with Gasteiger partial charge in [0.15, 0.2) is 5.96 Å². The van der Waals surface area contributed by atoms with Crippen molar-refractivity contribution in [2.75, 3.05) is 53.5 Å². The van der Waals surface area contributed by atoms with Crippen molar-refractivity contribution in [3.8, 4) is 11.5 Å². The monoisotopic (exact) mass is 560 g/mol. The van der Waals surface area contributed by atoms with Crippen LogP contribution in [0.2, 0.25) is 0 Å². The first-order chi connectivity index (χ1) is 15.0. The van der Waals surface area contributed by atoms with Gasteiger partial charge in [0.25, 0.3) is 0 Å². The largest absolute Gasteiger partial charge is 0.497 e. The maximum Gasteiger partial charge on any atom is 0.324 e. The van der Waals surface area contributed by atoms with E-state index in [4.69, 9.17) is 9.47 Å². The number of amides is 3. The molecule has 32 heavy (non-hydrogen) atoms. The maximum atomic E-state index is 11.7. The number of rotatable bonds is 9. The Balaban J connectivity index is 0.00000363. The second kappa shape index (κ2) is 12.7. The van der Waals surface area contributed by atoms with Crippen LogP contribution in [0.1, 0.15) is 18.9 Å². The Kier molecular flexibility index (Phi) is 10.3. The second-order valence-corrected chi connectivity index (χ2v) is 7.55. The first-order valence-electron chi connectivity index (χ1n) is 10.6. The van der Waals surface area contributed by atoms with Crippen LogP contribution in [0, 0.1) is 0 Å². The number of halogens is 1. The van der Waals surface area contributed by atoms with Crippen LogP contribution in [0.4, 0.5) is 4.79 Å². The van der Waals surface area contributed by atoms with Gasteiger partial charge in [-0.1, -0.05) is 0 Å². The molecule has 0 radical (unpaired) electrons. The summed E-state index contributed by atoms with van der Waals surface area (Å²) in [5, 5.41) is 9.22. The molecule has 1 aromatic carbocycles. The van der Waals surface area contributed by atoms with Gasteiger partial charge >= 0.3 is 6.03 Å². The number of nitrogens with one attached hydrogen (secondary N) is 3. The number of benzene rings is 1. The van der Waals surface area contributed by atoms with Crippen LogP contribution in [0.15, 0.2) is 23.2 Å². The number of guanidine groups is 1. The minimum atomic E-state index is -0.348. The first kappa shape index (κ1) is 26.0. The highest BCUT2D eigenvalue weighted by Crippen LogP contribution is 2.24. The molecule has 11 heteroatoms. The summed E-state index contributed by atoms with van der Waals surface area (Å²) in [5.41, 5.74) is 1.14. The molecule has 10 nitrogen and oxygen atoms in total. The third-order valence-corrected chi connectivity index (χ3v) is 5.31. The Morgan fingerprint density at radius 1 is 1.22 bits per heavy atom. The molecule has 1 unspecified atom stereocenters. The summed E-state index contributed by atoms with van der Waals surface area (Å²) in [6.45, 7) is 6.10. The van der Waals surface area contributed by atoms with Gasteiger partial charge in [-0.15, -0.1) is 24.0 Å². The molecule has 1 aromatic rings. The Morgan fingerprint density at radius 3 is 2.53 bits per heavy atom. The smallest absolute Gasteiger partial charge is 0.324 e. The molecule has 3 N–H and O–H groups in total. The average molecular weight is 560 g/mol. The minimum absolute atomic E-state index is 0. The topological polar surface area (TPSA) is 108 Å². The van der Waals surface area contributed by atoms with Gasteiger partial charge in [-0.25, -0.2) is 4.79 Å². The molecule has 2 heterocycles. The van der Waals surface area contributed by atoms with Gasteiger partial charge in [-0.2, -0.15) is 0 Å². The van der Waals surface area contributed by atoms with Crippen LogP contribution in [0.3, 0.4) is 0 Å². The summed E-state index contributed by atoms with van der Waals surface area (Å²) in [6, 6.07) is 5.85. The van der Waals surface area contributed by atoms with E-state index in [-0.39, 0.29) is 55.0 Å². The summed E-state index contributed by atoms with van der Waals surface area (Å²) >= 11 is 0. The Morgan fingerprint density at radius 2 is 1.94 bits per heavy atom. The van der Waals surface area contributed by atoms with Crippen molar-refractivity contribution in [3.05, 3.63) is 23.8 Å². The van der Waals surface area contributed by atoms with Gasteiger partial charge in [-0.3, -0.25) is 19.6 Å². The number of carbonyl (C=O) groups excluding carboxylic acids is 2. The quantitative estimate of drug-likeness (QED) is 0.179. The van der Waals surface area contributed by atoms with Crippen molar-refractivity contribution in [2.45, 2.75) is 25.9 Å². The van der Waals surface area contributed by atoms with Crippen LogP contribution in [0.25, 0.3) is 0 Å². The summed E-state index contributed by atoms with van der Waals surface area (Å²) < 4.78 is 10.7. The van der Waals surface area contributed by atoms with E-state index in [9.17, 15) is 9.59 Å². The molecular weight excluding hydrogens is 527 g/mol. The van der Waals surface area contributed by atoms with Gasteiger partial charge in [0, 0.05) is 38.3 Å². The number of aliphatic imine (C=N–C) groups is 1.